The molecule has 200 valence electrons. The first-order chi connectivity index (χ1) is 21.2. The molecular formula is C42H27N. The second kappa shape index (κ2) is 9.17. The number of benzene rings is 8. The third kappa shape index (κ3) is 3.65. The molecule has 0 bridgehead atoms. The van der Waals surface area contributed by atoms with Gasteiger partial charge in [0.1, 0.15) is 0 Å². The molecule has 0 aromatic heterocycles. The van der Waals surface area contributed by atoms with Crippen LogP contribution < -0.4 is 5.73 Å². The van der Waals surface area contributed by atoms with E-state index < -0.39 is 0 Å². The van der Waals surface area contributed by atoms with Crippen LogP contribution in [0.3, 0.4) is 0 Å². The summed E-state index contributed by atoms with van der Waals surface area (Å²) in [7, 11) is 0. The Hall–Kier alpha value is -5.66. The minimum Gasteiger partial charge on any atom is -0.399 e. The summed E-state index contributed by atoms with van der Waals surface area (Å²) in [6.07, 6.45) is 0. The van der Waals surface area contributed by atoms with Gasteiger partial charge in [-0.15, -0.1) is 0 Å². The van der Waals surface area contributed by atoms with Crippen LogP contribution in [0.4, 0.5) is 5.69 Å². The fourth-order valence-electron chi connectivity index (χ4n) is 7.11. The van der Waals surface area contributed by atoms with Crippen LogP contribution in [0.15, 0.2) is 152 Å². The van der Waals surface area contributed by atoms with Crippen LogP contribution >= 0.6 is 0 Å². The fraction of sp³-hybridized carbons (Fsp3) is 0. The monoisotopic (exact) mass is 545 g/mol. The summed E-state index contributed by atoms with van der Waals surface area (Å²) in [4.78, 5) is 0. The Morgan fingerprint density at radius 1 is 0.302 bits per heavy atom. The molecule has 43 heavy (non-hydrogen) atoms. The number of fused-ring (bicyclic) bond motifs is 5. The smallest absolute Gasteiger partial charge is 0.0314 e. The van der Waals surface area contributed by atoms with Crippen LogP contribution in [0.1, 0.15) is 0 Å². The predicted molar refractivity (Wildman–Crippen MR) is 184 cm³/mol. The predicted octanol–water partition coefficient (Wildman–Crippen LogP) is 11.4. The van der Waals surface area contributed by atoms with Gasteiger partial charge in [-0.25, -0.2) is 0 Å². The van der Waals surface area contributed by atoms with Crippen molar-refractivity contribution in [1.82, 2.24) is 0 Å². The molecule has 1 aliphatic carbocycles. The lowest BCUT2D eigenvalue weighted by atomic mass is 9.82. The molecule has 8 aromatic rings. The molecule has 0 aliphatic heterocycles. The summed E-state index contributed by atoms with van der Waals surface area (Å²) >= 11 is 0. The first kappa shape index (κ1) is 24.0. The van der Waals surface area contributed by atoms with E-state index in [0.29, 0.717) is 0 Å². The third-order valence-corrected chi connectivity index (χ3v) is 9.09. The van der Waals surface area contributed by atoms with E-state index in [1.54, 1.807) is 0 Å². The molecule has 0 amide bonds. The Bertz CT molecular complexity index is 2390. The topological polar surface area (TPSA) is 26.0 Å². The molecular weight excluding hydrogens is 518 g/mol. The van der Waals surface area contributed by atoms with Gasteiger partial charge in [-0.2, -0.15) is 0 Å². The normalized spacial score (nSPS) is 11.8. The summed E-state index contributed by atoms with van der Waals surface area (Å²) in [5.74, 6) is 0. The zero-order chi connectivity index (χ0) is 28.5. The van der Waals surface area contributed by atoms with Gasteiger partial charge in [-0.1, -0.05) is 121 Å². The molecule has 0 unspecified atom stereocenters. The molecule has 9 rings (SSSR count). The van der Waals surface area contributed by atoms with E-state index in [1.807, 2.05) is 12.1 Å². The molecule has 0 saturated heterocycles. The molecule has 2 N–H and O–H groups in total. The Balaban J connectivity index is 1.46. The maximum atomic E-state index is 6.19. The Kier molecular flexibility index (Phi) is 5.12. The lowest BCUT2D eigenvalue weighted by Crippen LogP contribution is -1.95. The van der Waals surface area contributed by atoms with Crippen molar-refractivity contribution in [1.29, 1.82) is 0 Å². The van der Waals surface area contributed by atoms with Crippen LogP contribution in [0.2, 0.25) is 0 Å². The highest BCUT2D eigenvalue weighted by Crippen LogP contribution is 2.57. The Morgan fingerprint density at radius 3 is 1.49 bits per heavy atom. The molecule has 8 aromatic carbocycles. The van der Waals surface area contributed by atoms with E-state index in [-0.39, 0.29) is 0 Å². The highest BCUT2D eigenvalue weighted by atomic mass is 14.5. The van der Waals surface area contributed by atoms with E-state index >= 15 is 0 Å². The summed E-state index contributed by atoms with van der Waals surface area (Å²) in [5.41, 5.74) is 19.5. The molecule has 0 atom stereocenters. The number of rotatable bonds is 3. The van der Waals surface area contributed by atoms with Crippen molar-refractivity contribution in [2.24, 2.45) is 0 Å². The van der Waals surface area contributed by atoms with Crippen molar-refractivity contribution < 1.29 is 0 Å². The first-order valence-electron chi connectivity index (χ1n) is 14.8. The van der Waals surface area contributed by atoms with Gasteiger partial charge in [-0.05, 0) is 118 Å². The highest BCUT2D eigenvalue weighted by molar-refractivity contribution is 6.23. The molecule has 0 spiro atoms. The number of hydrogen-bond acceptors (Lipinski definition) is 1. The van der Waals surface area contributed by atoms with Crippen molar-refractivity contribution in [3.8, 4) is 55.6 Å². The molecule has 1 nitrogen and oxygen atoms in total. The maximum Gasteiger partial charge on any atom is 0.0314 e. The number of anilines is 1. The second-order valence-electron chi connectivity index (χ2n) is 11.6. The van der Waals surface area contributed by atoms with Gasteiger partial charge in [0.05, 0.1) is 0 Å². The molecule has 0 fully saturated rings. The molecule has 0 heterocycles. The van der Waals surface area contributed by atoms with Crippen molar-refractivity contribution in [3.63, 3.8) is 0 Å². The van der Waals surface area contributed by atoms with Gasteiger partial charge in [0, 0.05) is 5.69 Å². The molecule has 0 saturated carbocycles. The largest absolute Gasteiger partial charge is 0.399 e. The Morgan fingerprint density at radius 2 is 0.814 bits per heavy atom. The van der Waals surface area contributed by atoms with Crippen LogP contribution in [0.25, 0.3) is 88.0 Å². The average Bonchev–Trinajstić information content (AvgIpc) is 3.40. The quantitative estimate of drug-likeness (QED) is 0.220. The summed E-state index contributed by atoms with van der Waals surface area (Å²) < 4.78 is 0. The number of hydrogen-bond donors (Lipinski definition) is 1. The number of nitrogen functional groups attached to an aromatic ring is 1. The standard InChI is InChI=1S/C42H27N/c43-34-21-19-28(20-22-34)37-25-38(32-17-15-26-7-1-3-9-30(26)23-32)41-35-13-5-11-29-12-6-14-36(39(29)35)42(41)40(37)33-18-16-27-8-2-4-10-31(27)24-33/h1-25H,43H2. The minimum absolute atomic E-state index is 0.768. The first-order valence-corrected chi connectivity index (χ1v) is 14.8. The van der Waals surface area contributed by atoms with Gasteiger partial charge in [-0.3, -0.25) is 0 Å². The van der Waals surface area contributed by atoms with Crippen molar-refractivity contribution in [2.75, 3.05) is 5.73 Å². The lowest BCUT2D eigenvalue weighted by Gasteiger charge is -2.21. The van der Waals surface area contributed by atoms with E-state index in [9.17, 15) is 0 Å². The van der Waals surface area contributed by atoms with Crippen LogP contribution in [-0.2, 0) is 0 Å². The van der Waals surface area contributed by atoms with E-state index in [0.717, 1.165) is 11.3 Å². The van der Waals surface area contributed by atoms with Gasteiger partial charge in [0.2, 0.25) is 0 Å². The van der Waals surface area contributed by atoms with Crippen molar-refractivity contribution >= 4 is 38.0 Å². The fourth-order valence-corrected chi connectivity index (χ4v) is 7.11. The average molecular weight is 546 g/mol. The van der Waals surface area contributed by atoms with Gasteiger partial charge in [0.25, 0.3) is 0 Å². The number of nitrogens with two attached hydrogens (primary N) is 1. The summed E-state index contributed by atoms with van der Waals surface area (Å²) in [5, 5.41) is 7.59. The molecule has 1 aliphatic rings. The van der Waals surface area contributed by atoms with Crippen LogP contribution in [0.5, 0.6) is 0 Å². The lowest BCUT2D eigenvalue weighted by molar-refractivity contribution is 1.58. The van der Waals surface area contributed by atoms with Crippen molar-refractivity contribution in [3.05, 3.63) is 152 Å². The van der Waals surface area contributed by atoms with Crippen LogP contribution in [-0.4, -0.2) is 0 Å². The van der Waals surface area contributed by atoms with Gasteiger partial charge < -0.3 is 5.73 Å². The van der Waals surface area contributed by atoms with Gasteiger partial charge in [0.15, 0.2) is 0 Å². The molecule has 1 heteroatoms. The zero-order valence-electron chi connectivity index (χ0n) is 23.5. The SMILES string of the molecule is Nc1ccc(-c2cc(-c3ccc4ccccc4c3)c3c(c2-c2ccc4ccccc4c2)-c2cccc4cccc-3c24)cc1. The Labute approximate surface area is 250 Å². The summed E-state index contributed by atoms with van der Waals surface area (Å²) in [6, 6.07) is 55.3. The maximum absolute atomic E-state index is 6.19. The van der Waals surface area contributed by atoms with Crippen molar-refractivity contribution in [2.45, 2.75) is 0 Å². The van der Waals surface area contributed by atoms with E-state index in [1.165, 1.54) is 82.4 Å². The second-order valence-corrected chi connectivity index (χ2v) is 11.6. The van der Waals surface area contributed by atoms with Gasteiger partial charge >= 0.3 is 0 Å². The van der Waals surface area contributed by atoms with E-state index in [2.05, 4.69) is 140 Å². The molecule has 0 radical (unpaired) electrons. The summed E-state index contributed by atoms with van der Waals surface area (Å²) in [6.45, 7) is 0. The third-order valence-electron chi connectivity index (χ3n) is 9.09. The van der Waals surface area contributed by atoms with Crippen LogP contribution in [0, 0.1) is 0 Å². The minimum atomic E-state index is 0.768. The van der Waals surface area contributed by atoms with E-state index in [4.69, 9.17) is 5.73 Å². The zero-order valence-corrected chi connectivity index (χ0v) is 23.5. The highest BCUT2D eigenvalue weighted by Gasteiger charge is 2.30.